The first-order chi connectivity index (χ1) is 10.0. The van der Waals surface area contributed by atoms with Gasteiger partial charge in [0.2, 0.25) is 5.91 Å². The van der Waals surface area contributed by atoms with Crippen LogP contribution in [0.3, 0.4) is 0 Å². The van der Waals surface area contributed by atoms with Gasteiger partial charge in [-0.2, -0.15) is 5.26 Å². The first-order valence-corrected chi connectivity index (χ1v) is 6.43. The van der Waals surface area contributed by atoms with E-state index < -0.39 is 29.5 Å². The van der Waals surface area contributed by atoms with Gasteiger partial charge in [-0.1, -0.05) is 0 Å². The van der Waals surface area contributed by atoms with E-state index in [9.17, 15) is 18.4 Å². The van der Waals surface area contributed by atoms with Gasteiger partial charge in [0, 0.05) is 5.56 Å². The maximum atomic E-state index is 13.0. The zero-order valence-corrected chi connectivity index (χ0v) is 11.0. The van der Waals surface area contributed by atoms with E-state index in [4.69, 9.17) is 5.26 Å². The van der Waals surface area contributed by atoms with Crippen LogP contribution in [-0.2, 0) is 4.79 Å². The summed E-state index contributed by atoms with van der Waals surface area (Å²) in [6.07, 6.45) is 1.81. The second-order valence-corrected chi connectivity index (χ2v) is 4.82. The monoisotopic (exact) mass is 293 g/mol. The summed E-state index contributed by atoms with van der Waals surface area (Å²) in [5.74, 6) is -3.19. The summed E-state index contributed by atoms with van der Waals surface area (Å²) in [6.45, 7) is -0.331. The van der Waals surface area contributed by atoms with Gasteiger partial charge in [-0.3, -0.25) is 9.59 Å². The fourth-order valence-electron chi connectivity index (χ4n) is 1.81. The third-order valence-corrected chi connectivity index (χ3v) is 3.14. The molecule has 7 heteroatoms. The van der Waals surface area contributed by atoms with Crippen LogP contribution >= 0.6 is 0 Å². The Balaban J connectivity index is 1.84. The van der Waals surface area contributed by atoms with Gasteiger partial charge >= 0.3 is 0 Å². The highest BCUT2D eigenvalue weighted by atomic mass is 19.2. The lowest BCUT2D eigenvalue weighted by Crippen LogP contribution is -2.42. The van der Waals surface area contributed by atoms with Crippen LogP contribution in [0.15, 0.2) is 18.2 Å². The molecule has 1 aliphatic rings. The van der Waals surface area contributed by atoms with Crippen molar-refractivity contribution in [2.24, 2.45) is 5.92 Å². The average molecular weight is 293 g/mol. The minimum absolute atomic E-state index is 0.0827. The van der Waals surface area contributed by atoms with Crippen molar-refractivity contribution in [3.8, 4) is 6.07 Å². The largest absolute Gasteiger partial charge is 0.343 e. The molecule has 2 N–H and O–H groups in total. The molecular weight excluding hydrogens is 280 g/mol. The van der Waals surface area contributed by atoms with Crippen molar-refractivity contribution in [1.82, 2.24) is 10.6 Å². The molecule has 0 aromatic heterocycles. The van der Waals surface area contributed by atoms with Crippen molar-refractivity contribution < 1.29 is 18.4 Å². The summed E-state index contributed by atoms with van der Waals surface area (Å²) in [7, 11) is 0. The fourth-order valence-corrected chi connectivity index (χ4v) is 1.81. The van der Waals surface area contributed by atoms with E-state index in [0.29, 0.717) is 0 Å². The maximum absolute atomic E-state index is 13.0. The number of nitrogens with one attached hydrogen (secondary N) is 2. The zero-order chi connectivity index (χ0) is 15.4. The Labute approximate surface area is 119 Å². The molecule has 0 heterocycles. The number of hydrogen-bond donors (Lipinski definition) is 2. The minimum Gasteiger partial charge on any atom is -0.343 e. The van der Waals surface area contributed by atoms with E-state index in [1.165, 1.54) is 0 Å². The van der Waals surface area contributed by atoms with Crippen LogP contribution in [0.1, 0.15) is 23.2 Å². The fraction of sp³-hybridized carbons (Fsp3) is 0.357. The molecule has 1 fully saturated rings. The molecule has 1 saturated carbocycles. The third kappa shape index (κ3) is 3.99. The van der Waals surface area contributed by atoms with Crippen LogP contribution in [0.25, 0.3) is 0 Å². The van der Waals surface area contributed by atoms with E-state index in [2.05, 4.69) is 10.6 Å². The standard InChI is InChI=1S/C14H13F2N3O2/c15-10-4-3-9(5-11(10)16)14(21)18-7-13(20)19-12(6-17)8-1-2-8/h3-5,8,12H,1-2,7H2,(H,18,21)(H,19,20)/t12-/m1/s1. The molecule has 0 saturated heterocycles. The lowest BCUT2D eigenvalue weighted by atomic mass is 10.2. The smallest absolute Gasteiger partial charge is 0.251 e. The maximum Gasteiger partial charge on any atom is 0.251 e. The van der Waals surface area contributed by atoms with Gasteiger partial charge in [-0.25, -0.2) is 8.78 Å². The quantitative estimate of drug-likeness (QED) is 0.853. The first-order valence-electron chi connectivity index (χ1n) is 6.43. The Morgan fingerprint density at radius 1 is 1.33 bits per heavy atom. The molecule has 0 radical (unpaired) electrons. The highest BCUT2D eigenvalue weighted by Crippen LogP contribution is 2.32. The average Bonchev–Trinajstić information content (AvgIpc) is 3.29. The summed E-state index contributed by atoms with van der Waals surface area (Å²) < 4.78 is 25.7. The first kappa shape index (κ1) is 14.9. The van der Waals surface area contributed by atoms with Crippen LogP contribution in [0, 0.1) is 28.9 Å². The molecular formula is C14H13F2N3O2. The van der Waals surface area contributed by atoms with Gasteiger partial charge in [0.1, 0.15) is 6.04 Å². The number of amides is 2. The molecule has 0 spiro atoms. The number of halogens is 2. The highest BCUT2D eigenvalue weighted by molar-refractivity contribution is 5.96. The molecule has 1 aromatic carbocycles. The van der Waals surface area contributed by atoms with Crippen LogP contribution in [0.5, 0.6) is 0 Å². The van der Waals surface area contributed by atoms with E-state index in [0.717, 1.165) is 31.0 Å². The molecule has 1 aromatic rings. The van der Waals surface area contributed by atoms with Crippen LogP contribution in [0.4, 0.5) is 8.78 Å². The Morgan fingerprint density at radius 2 is 2.05 bits per heavy atom. The predicted molar refractivity (Wildman–Crippen MR) is 69.0 cm³/mol. The van der Waals surface area contributed by atoms with Crippen molar-refractivity contribution in [3.05, 3.63) is 35.4 Å². The van der Waals surface area contributed by atoms with Crippen molar-refractivity contribution in [1.29, 1.82) is 5.26 Å². The predicted octanol–water partition coefficient (Wildman–Crippen LogP) is 1.11. The van der Waals surface area contributed by atoms with Gasteiger partial charge in [-0.05, 0) is 37.0 Å². The molecule has 21 heavy (non-hydrogen) atoms. The molecule has 110 valence electrons. The number of carbonyl (C=O) groups is 2. The van der Waals surface area contributed by atoms with Gasteiger partial charge in [-0.15, -0.1) is 0 Å². The summed E-state index contributed by atoms with van der Waals surface area (Å²) in [6, 6.07) is 4.16. The Morgan fingerprint density at radius 3 is 2.62 bits per heavy atom. The highest BCUT2D eigenvalue weighted by Gasteiger charge is 2.32. The van der Waals surface area contributed by atoms with E-state index in [1.807, 2.05) is 6.07 Å². The van der Waals surface area contributed by atoms with E-state index in [-0.39, 0.29) is 18.0 Å². The molecule has 0 bridgehead atoms. The normalized spacial score (nSPS) is 14.9. The number of carbonyl (C=O) groups excluding carboxylic acids is 2. The van der Waals surface area contributed by atoms with Crippen molar-refractivity contribution in [2.75, 3.05) is 6.54 Å². The summed E-state index contributed by atoms with van der Waals surface area (Å²) in [4.78, 5) is 23.3. The molecule has 0 unspecified atom stereocenters. The molecule has 5 nitrogen and oxygen atoms in total. The van der Waals surface area contributed by atoms with Gasteiger partial charge in [0.25, 0.3) is 5.91 Å². The topological polar surface area (TPSA) is 82.0 Å². The van der Waals surface area contributed by atoms with Crippen molar-refractivity contribution in [2.45, 2.75) is 18.9 Å². The molecule has 1 atom stereocenters. The molecule has 2 rings (SSSR count). The number of nitrogens with zero attached hydrogens (tertiary/aromatic N) is 1. The Kier molecular flexibility index (Phi) is 4.48. The van der Waals surface area contributed by atoms with Crippen LogP contribution < -0.4 is 10.6 Å². The van der Waals surface area contributed by atoms with Gasteiger partial charge < -0.3 is 10.6 Å². The molecule has 2 amide bonds. The van der Waals surface area contributed by atoms with E-state index in [1.54, 1.807) is 0 Å². The SMILES string of the molecule is N#C[C@@H](NC(=O)CNC(=O)c1ccc(F)c(F)c1)C1CC1. The second-order valence-electron chi connectivity index (χ2n) is 4.82. The van der Waals surface area contributed by atoms with Gasteiger partial charge in [0.15, 0.2) is 11.6 Å². The van der Waals surface area contributed by atoms with Crippen molar-refractivity contribution >= 4 is 11.8 Å². The molecule has 1 aliphatic carbocycles. The van der Waals surface area contributed by atoms with Crippen LogP contribution in [0.2, 0.25) is 0 Å². The van der Waals surface area contributed by atoms with E-state index >= 15 is 0 Å². The Hall–Kier alpha value is -2.49. The number of nitriles is 1. The van der Waals surface area contributed by atoms with Crippen molar-refractivity contribution in [3.63, 3.8) is 0 Å². The lowest BCUT2D eigenvalue weighted by molar-refractivity contribution is -0.120. The lowest BCUT2D eigenvalue weighted by Gasteiger charge is -2.11. The number of hydrogen-bond acceptors (Lipinski definition) is 3. The van der Waals surface area contributed by atoms with Gasteiger partial charge in [0.05, 0.1) is 12.6 Å². The third-order valence-electron chi connectivity index (χ3n) is 3.14. The summed E-state index contributed by atoms with van der Waals surface area (Å²) in [5.41, 5.74) is -0.0827. The number of rotatable bonds is 5. The van der Waals surface area contributed by atoms with Crippen LogP contribution in [-0.4, -0.2) is 24.4 Å². The molecule has 0 aliphatic heterocycles. The Bertz CT molecular complexity index is 609. The number of benzene rings is 1. The minimum atomic E-state index is -1.13. The summed E-state index contributed by atoms with van der Waals surface area (Å²) in [5, 5.41) is 13.7. The summed E-state index contributed by atoms with van der Waals surface area (Å²) >= 11 is 0. The second kappa shape index (κ2) is 6.31. The zero-order valence-electron chi connectivity index (χ0n) is 11.0.